The van der Waals surface area contributed by atoms with E-state index in [1.165, 1.54) is 0 Å². The highest BCUT2D eigenvalue weighted by molar-refractivity contribution is 5.81. The van der Waals surface area contributed by atoms with Crippen LogP contribution in [0.4, 0.5) is 5.69 Å². The van der Waals surface area contributed by atoms with Crippen molar-refractivity contribution < 1.29 is 4.79 Å². The first-order valence-electron chi connectivity index (χ1n) is 7.67. The van der Waals surface area contributed by atoms with Crippen LogP contribution in [-0.2, 0) is 11.3 Å². The third-order valence-corrected chi connectivity index (χ3v) is 3.71. The second kappa shape index (κ2) is 7.64. The van der Waals surface area contributed by atoms with Crippen molar-refractivity contribution in [3.63, 3.8) is 0 Å². The Balaban J connectivity index is 2.04. The number of hydrogen-bond donors (Lipinski definition) is 0. The number of anilines is 1. The van der Waals surface area contributed by atoms with E-state index in [1.807, 2.05) is 65.4 Å². The maximum absolute atomic E-state index is 12.7. The lowest BCUT2D eigenvalue weighted by Crippen LogP contribution is -2.42. The predicted molar refractivity (Wildman–Crippen MR) is 91.8 cm³/mol. The van der Waals surface area contributed by atoms with Gasteiger partial charge in [-0.3, -0.25) is 4.79 Å². The number of benzene rings is 2. The van der Waals surface area contributed by atoms with E-state index >= 15 is 0 Å². The third-order valence-electron chi connectivity index (χ3n) is 3.71. The van der Waals surface area contributed by atoms with E-state index in [9.17, 15) is 4.79 Å². The van der Waals surface area contributed by atoms with Gasteiger partial charge in [0.05, 0.1) is 6.54 Å². The molecule has 2 rings (SSSR count). The number of amides is 1. The molecule has 0 saturated carbocycles. The molecule has 0 heterocycles. The van der Waals surface area contributed by atoms with Crippen LogP contribution in [0.15, 0.2) is 60.7 Å². The Morgan fingerprint density at radius 3 is 2.05 bits per heavy atom. The van der Waals surface area contributed by atoms with Crippen molar-refractivity contribution in [2.45, 2.75) is 26.4 Å². The topological polar surface area (TPSA) is 23.6 Å². The molecule has 0 aliphatic heterocycles. The Hall–Kier alpha value is -2.29. The zero-order chi connectivity index (χ0) is 15.9. The van der Waals surface area contributed by atoms with Gasteiger partial charge >= 0.3 is 0 Å². The molecule has 0 N–H and O–H groups in total. The normalized spacial score (nSPS) is 10.5. The summed E-state index contributed by atoms with van der Waals surface area (Å²) in [7, 11) is 1.95. The van der Waals surface area contributed by atoms with Crippen LogP contribution >= 0.6 is 0 Å². The van der Waals surface area contributed by atoms with E-state index in [1.54, 1.807) is 0 Å². The fourth-order valence-corrected chi connectivity index (χ4v) is 2.41. The highest BCUT2D eigenvalue weighted by atomic mass is 16.2. The Morgan fingerprint density at radius 1 is 0.955 bits per heavy atom. The number of nitrogens with zero attached hydrogens (tertiary/aromatic N) is 2. The molecule has 0 fully saturated rings. The summed E-state index contributed by atoms with van der Waals surface area (Å²) in [6, 6.07) is 20.3. The monoisotopic (exact) mass is 296 g/mol. The van der Waals surface area contributed by atoms with Crippen molar-refractivity contribution in [1.82, 2.24) is 4.90 Å². The number of para-hydroxylation sites is 1. The highest BCUT2D eigenvalue weighted by Gasteiger charge is 2.18. The van der Waals surface area contributed by atoms with Gasteiger partial charge in [0.1, 0.15) is 0 Å². The molecule has 22 heavy (non-hydrogen) atoms. The number of carbonyl (C=O) groups is 1. The van der Waals surface area contributed by atoms with Gasteiger partial charge in [0.15, 0.2) is 0 Å². The summed E-state index contributed by atoms with van der Waals surface area (Å²) in [5.74, 6) is 0.144. The van der Waals surface area contributed by atoms with Crippen LogP contribution in [0.1, 0.15) is 19.4 Å². The Kier molecular flexibility index (Phi) is 5.59. The zero-order valence-electron chi connectivity index (χ0n) is 13.6. The molecule has 2 aromatic rings. The second-order valence-corrected chi connectivity index (χ2v) is 5.79. The highest BCUT2D eigenvalue weighted by Crippen LogP contribution is 2.13. The van der Waals surface area contributed by atoms with Gasteiger partial charge in [-0.1, -0.05) is 48.5 Å². The van der Waals surface area contributed by atoms with Gasteiger partial charge in [-0.05, 0) is 31.5 Å². The average molecular weight is 296 g/mol. The van der Waals surface area contributed by atoms with Gasteiger partial charge in [-0.2, -0.15) is 0 Å². The molecule has 0 saturated heterocycles. The lowest BCUT2D eigenvalue weighted by molar-refractivity contribution is -0.132. The van der Waals surface area contributed by atoms with Gasteiger partial charge in [-0.25, -0.2) is 0 Å². The molecule has 2 aromatic carbocycles. The minimum atomic E-state index is 0.144. The molecular weight excluding hydrogens is 272 g/mol. The molecule has 0 spiro atoms. The number of likely N-dealkylation sites (N-methyl/N-ethyl adjacent to an activating group) is 1. The molecule has 0 aliphatic rings. The molecule has 0 radical (unpaired) electrons. The summed E-state index contributed by atoms with van der Waals surface area (Å²) in [4.78, 5) is 16.6. The maximum Gasteiger partial charge on any atom is 0.242 e. The Morgan fingerprint density at radius 2 is 1.50 bits per heavy atom. The standard InChI is InChI=1S/C19H24N2O/c1-16(2)21(14-17-10-6-4-7-11-17)19(22)15-20(3)18-12-8-5-9-13-18/h4-13,16H,14-15H2,1-3H3. The molecule has 3 heteroatoms. The van der Waals surface area contributed by atoms with Crippen LogP contribution in [0.5, 0.6) is 0 Å². The van der Waals surface area contributed by atoms with E-state index in [-0.39, 0.29) is 11.9 Å². The van der Waals surface area contributed by atoms with Crippen LogP contribution < -0.4 is 4.90 Å². The summed E-state index contributed by atoms with van der Waals surface area (Å²) in [6.07, 6.45) is 0. The SMILES string of the molecule is CC(C)N(Cc1ccccc1)C(=O)CN(C)c1ccccc1. The van der Waals surface area contributed by atoms with Crippen molar-refractivity contribution in [2.75, 3.05) is 18.5 Å². The van der Waals surface area contributed by atoms with Crippen molar-refractivity contribution in [3.05, 3.63) is 66.2 Å². The van der Waals surface area contributed by atoms with E-state index in [0.29, 0.717) is 13.1 Å². The first kappa shape index (κ1) is 16.1. The van der Waals surface area contributed by atoms with Crippen molar-refractivity contribution >= 4 is 11.6 Å². The number of carbonyl (C=O) groups excluding carboxylic acids is 1. The smallest absolute Gasteiger partial charge is 0.242 e. The van der Waals surface area contributed by atoms with E-state index < -0.39 is 0 Å². The van der Waals surface area contributed by atoms with Gasteiger partial charge in [-0.15, -0.1) is 0 Å². The van der Waals surface area contributed by atoms with Gasteiger partial charge in [0.25, 0.3) is 0 Å². The second-order valence-electron chi connectivity index (χ2n) is 5.79. The van der Waals surface area contributed by atoms with Crippen LogP contribution in [0.2, 0.25) is 0 Å². The van der Waals surface area contributed by atoms with Crippen LogP contribution in [0.25, 0.3) is 0 Å². The van der Waals surface area contributed by atoms with Gasteiger partial charge in [0.2, 0.25) is 5.91 Å². The van der Waals surface area contributed by atoms with Crippen LogP contribution in [0.3, 0.4) is 0 Å². The summed E-state index contributed by atoms with van der Waals surface area (Å²) in [5.41, 5.74) is 2.21. The van der Waals surface area contributed by atoms with E-state index in [4.69, 9.17) is 0 Å². The fourth-order valence-electron chi connectivity index (χ4n) is 2.41. The van der Waals surface area contributed by atoms with Gasteiger partial charge in [0, 0.05) is 25.3 Å². The molecule has 1 amide bonds. The molecule has 0 unspecified atom stereocenters. The molecule has 3 nitrogen and oxygen atoms in total. The molecule has 0 aromatic heterocycles. The summed E-state index contributed by atoms with van der Waals surface area (Å²) in [6.45, 7) is 5.15. The summed E-state index contributed by atoms with van der Waals surface area (Å²) < 4.78 is 0. The summed E-state index contributed by atoms with van der Waals surface area (Å²) >= 11 is 0. The third kappa shape index (κ3) is 4.35. The van der Waals surface area contributed by atoms with Crippen LogP contribution in [0, 0.1) is 0 Å². The minimum Gasteiger partial charge on any atom is -0.365 e. The lowest BCUT2D eigenvalue weighted by Gasteiger charge is -2.29. The number of rotatable bonds is 6. The largest absolute Gasteiger partial charge is 0.365 e. The predicted octanol–water partition coefficient (Wildman–Crippen LogP) is 3.56. The van der Waals surface area contributed by atoms with Crippen LogP contribution in [-0.4, -0.2) is 30.4 Å². The average Bonchev–Trinajstić information content (AvgIpc) is 2.54. The molecular formula is C19H24N2O. The molecule has 0 atom stereocenters. The van der Waals surface area contributed by atoms with Crippen molar-refractivity contribution in [1.29, 1.82) is 0 Å². The zero-order valence-corrected chi connectivity index (χ0v) is 13.6. The Labute approximate surface area is 133 Å². The molecule has 0 aliphatic carbocycles. The van der Waals surface area contributed by atoms with Crippen molar-refractivity contribution in [2.24, 2.45) is 0 Å². The van der Waals surface area contributed by atoms with Gasteiger partial charge < -0.3 is 9.80 Å². The van der Waals surface area contributed by atoms with E-state index in [0.717, 1.165) is 11.3 Å². The quantitative estimate of drug-likeness (QED) is 0.813. The fraction of sp³-hybridized carbons (Fsp3) is 0.316. The Bertz CT molecular complexity index is 581. The number of hydrogen-bond acceptors (Lipinski definition) is 2. The van der Waals surface area contributed by atoms with Crippen molar-refractivity contribution in [3.8, 4) is 0 Å². The maximum atomic E-state index is 12.7. The molecule has 0 bridgehead atoms. The first-order valence-corrected chi connectivity index (χ1v) is 7.67. The summed E-state index contributed by atoms with van der Waals surface area (Å²) in [5, 5.41) is 0. The lowest BCUT2D eigenvalue weighted by atomic mass is 10.2. The van der Waals surface area contributed by atoms with E-state index in [2.05, 4.69) is 26.0 Å². The molecule has 116 valence electrons. The first-order chi connectivity index (χ1) is 10.6. The minimum absolute atomic E-state index is 0.144.